The van der Waals surface area contributed by atoms with Crippen molar-refractivity contribution in [3.05, 3.63) is 82.9 Å². The zero-order valence-electron chi connectivity index (χ0n) is 15.8. The van der Waals surface area contributed by atoms with Crippen LogP contribution < -0.4 is 0 Å². The Bertz CT molecular complexity index is 1280. The predicted molar refractivity (Wildman–Crippen MR) is 111 cm³/mol. The molecule has 29 heavy (non-hydrogen) atoms. The van der Waals surface area contributed by atoms with Crippen molar-refractivity contribution >= 4 is 22.6 Å². The Morgan fingerprint density at radius 1 is 1.10 bits per heavy atom. The second-order valence-electron chi connectivity index (χ2n) is 7.32. The number of aliphatic hydroxyl groups is 1. The number of fused-ring (bicyclic) bond motifs is 1. The minimum atomic E-state index is -0.971. The van der Waals surface area contributed by atoms with Crippen LogP contribution in [0.15, 0.2) is 60.9 Å². The van der Waals surface area contributed by atoms with Gasteiger partial charge in [-0.3, -0.25) is 4.57 Å². The smallest absolute Gasteiger partial charge is 0.131 e. The molecule has 0 fully saturated rings. The second-order valence-corrected chi connectivity index (χ2v) is 7.72. The van der Waals surface area contributed by atoms with Gasteiger partial charge in [0.15, 0.2) is 0 Å². The third kappa shape index (κ3) is 3.38. The van der Waals surface area contributed by atoms with Crippen molar-refractivity contribution in [2.24, 2.45) is 0 Å². The number of nitriles is 1. The van der Waals surface area contributed by atoms with Crippen molar-refractivity contribution in [1.29, 1.82) is 5.26 Å². The third-order valence-corrected chi connectivity index (χ3v) is 5.21. The SMILES string of the molecule is CC(C)(O)c1ccc2c(c1)ncn2-c1ccc(F)c(-c2cccc(Cl)c2C#N)c1. The summed E-state index contributed by atoms with van der Waals surface area (Å²) in [7, 11) is 0. The first-order chi connectivity index (χ1) is 13.8. The van der Waals surface area contributed by atoms with Gasteiger partial charge in [-0.15, -0.1) is 0 Å². The van der Waals surface area contributed by atoms with E-state index in [4.69, 9.17) is 11.6 Å². The lowest BCUT2D eigenvalue weighted by Gasteiger charge is -2.17. The van der Waals surface area contributed by atoms with E-state index in [-0.39, 0.29) is 16.1 Å². The van der Waals surface area contributed by atoms with E-state index in [9.17, 15) is 14.8 Å². The average molecular weight is 406 g/mol. The lowest BCUT2D eigenvalue weighted by Crippen LogP contribution is -2.15. The zero-order chi connectivity index (χ0) is 20.8. The third-order valence-electron chi connectivity index (χ3n) is 4.90. The molecule has 0 aliphatic rings. The van der Waals surface area contributed by atoms with Crippen LogP contribution >= 0.6 is 11.6 Å². The van der Waals surface area contributed by atoms with Crippen molar-refractivity contribution in [3.8, 4) is 22.9 Å². The highest BCUT2D eigenvalue weighted by molar-refractivity contribution is 6.32. The molecule has 0 aliphatic carbocycles. The fraction of sp³-hybridized carbons (Fsp3) is 0.130. The number of nitrogens with zero attached hydrogens (tertiary/aromatic N) is 3. The summed E-state index contributed by atoms with van der Waals surface area (Å²) in [5.74, 6) is -0.443. The molecule has 1 heterocycles. The quantitative estimate of drug-likeness (QED) is 0.483. The van der Waals surface area contributed by atoms with Crippen LogP contribution in [0.1, 0.15) is 25.0 Å². The molecule has 0 unspecified atom stereocenters. The predicted octanol–water partition coefficient (Wildman–Crippen LogP) is 5.58. The first-order valence-electron chi connectivity index (χ1n) is 8.98. The van der Waals surface area contributed by atoms with Crippen LogP contribution in [0.2, 0.25) is 5.02 Å². The Hall–Kier alpha value is -3.20. The molecule has 4 nitrogen and oxygen atoms in total. The van der Waals surface area contributed by atoms with Crippen LogP contribution in [-0.4, -0.2) is 14.7 Å². The molecule has 4 aromatic rings. The van der Waals surface area contributed by atoms with Gasteiger partial charge < -0.3 is 5.11 Å². The van der Waals surface area contributed by atoms with Crippen LogP contribution in [0.25, 0.3) is 27.8 Å². The summed E-state index contributed by atoms with van der Waals surface area (Å²) >= 11 is 6.12. The van der Waals surface area contributed by atoms with Crippen LogP contribution in [0.3, 0.4) is 0 Å². The van der Waals surface area contributed by atoms with Gasteiger partial charge in [-0.05, 0) is 55.8 Å². The largest absolute Gasteiger partial charge is 0.386 e. The molecule has 0 radical (unpaired) electrons. The highest BCUT2D eigenvalue weighted by Crippen LogP contribution is 2.33. The number of hydrogen-bond acceptors (Lipinski definition) is 3. The average Bonchev–Trinajstić information content (AvgIpc) is 3.11. The zero-order valence-corrected chi connectivity index (χ0v) is 16.6. The molecule has 0 amide bonds. The van der Waals surface area contributed by atoms with Gasteiger partial charge in [0, 0.05) is 16.8 Å². The van der Waals surface area contributed by atoms with Gasteiger partial charge in [-0.1, -0.05) is 29.8 Å². The lowest BCUT2D eigenvalue weighted by molar-refractivity contribution is 0.0787. The summed E-state index contributed by atoms with van der Waals surface area (Å²) in [6, 6.07) is 17.3. The molecule has 3 aromatic carbocycles. The Balaban J connectivity index is 1.87. The summed E-state index contributed by atoms with van der Waals surface area (Å²) in [6.07, 6.45) is 1.65. The lowest BCUT2D eigenvalue weighted by atomic mass is 9.98. The van der Waals surface area contributed by atoms with Crippen LogP contribution in [0, 0.1) is 17.1 Å². The van der Waals surface area contributed by atoms with Crippen molar-refractivity contribution in [1.82, 2.24) is 9.55 Å². The molecule has 6 heteroatoms. The molecule has 1 aromatic heterocycles. The fourth-order valence-electron chi connectivity index (χ4n) is 3.33. The summed E-state index contributed by atoms with van der Waals surface area (Å²) < 4.78 is 16.5. The Morgan fingerprint density at radius 3 is 2.62 bits per heavy atom. The number of aromatic nitrogens is 2. The van der Waals surface area contributed by atoms with Gasteiger partial charge in [0.05, 0.1) is 27.2 Å². The van der Waals surface area contributed by atoms with Crippen LogP contribution in [-0.2, 0) is 5.60 Å². The number of hydrogen-bond donors (Lipinski definition) is 1. The maximum Gasteiger partial charge on any atom is 0.131 e. The summed E-state index contributed by atoms with van der Waals surface area (Å²) in [4.78, 5) is 4.43. The highest BCUT2D eigenvalue weighted by atomic mass is 35.5. The Kier molecular flexibility index (Phi) is 4.62. The van der Waals surface area contributed by atoms with E-state index in [1.807, 2.05) is 22.8 Å². The maximum absolute atomic E-state index is 14.6. The Morgan fingerprint density at radius 2 is 1.90 bits per heavy atom. The Labute approximate surface area is 172 Å². The number of rotatable bonds is 3. The monoisotopic (exact) mass is 405 g/mol. The minimum Gasteiger partial charge on any atom is -0.386 e. The van der Waals surface area contributed by atoms with Crippen molar-refractivity contribution < 1.29 is 9.50 Å². The van der Waals surface area contributed by atoms with E-state index in [2.05, 4.69) is 11.1 Å². The van der Waals surface area contributed by atoms with Crippen molar-refractivity contribution in [2.45, 2.75) is 19.4 Å². The van der Waals surface area contributed by atoms with E-state index < -0.39 is 11.4 Å². The minimum absolute atomic E-state index is 0.232. The molecular formula is C23H17ClFN3O. The van der Waals surface area contributed by atoms with Crippen molar-refractivity contribution in [2.75, 3.05) is 0 Å². The number of benzene rings is 3. The van der Waals surface area contributed by atoms with E-state index in [1.54, 1.807) is 50.5 Å². The van der Waals surface area contributed by atoms with Gasteiger partial charge in [0.25, 0.3) is 0 Å². The standard InChI is InChI=1S/C23H17ClFN3O/c1-23(2,29)14-6-9-22-21(10-14)27-13-28(22)15-7-8-20(25)17(11-15)16-4-3-5-19(24)18(16)12-26/h3-11,13,29H,1-2H3. The molecule has 0 saturated carbocycles. The van der Waals surface area contributed by atoms with Crippen LogP contribution in [0.5, 0.6) is 0 Å². The number of halogens is 2. The molecule has 0 atom stereocenters. The molecular weight excluding hydrogens is 389 g/mol. The molecule has 1 N–H and O–H groups in total. The van der Waals surface area contributed by atoms with E-state index in [0.29, 0.717) is 11.3 Å². The molecule has 144 valence electrons. The first-order valence-corrected chi connectivity index (χ1v) is 9.36. The summed E-state index contributed by atoms with van der Waals surface area (Å²) in [5, 5.41) is 19.9. The number of imidazole rings is 1. The van der Waals surface area contributed by atoms with E-state index >= 15 is 0 Å². The van der Waals surface area contributed by atoms with Gasteiger partial charge in [-0.2, -0.15) is 5.26 Å². The van der Waals surface area contributed by atoms with E-state index in [0.717, 1.165) is 16.6 Å². The topological polar surface area (TPSA) is 61.8 Å². The normalized spacial score (nSPS) is 11.6. The van der Waals surface area contributed by atoms with Crippen LogP contribution in [0.4, 0.5) is 4.39 Å². The van der Waals surface area contributed by atoms with E-state index in [1.165, 1.54) is 6.07 Å². The van der Waals surface area contributed by atoms with Gasteiger partial charge in [0.1, 0.15) is 18.2 Å². The van der Waals surface area contributed by atoms with Crippen molar-refractivity contribution in [3.63, 3.8) is 0 Å². The molecule has 4 rings (SSSR count). The second kappa shape index (κ2) is 7.00. The maximum atomic E-state index is 14.6. The first kappa shape index (κ1) is 19.1. The molecule has 0 saturated heterocycles. The molecule has 0 spiro atoms. The highest BCUT2D eigenvalue weighted by Gasteiger charge is 2.18. The fourth-order valence-corrected chi connectivity index (χ4v) is 3.55. The molecule has 0 aliphatic heterocycles. The summed E-state index contributed by atoms with van der Waals surface area (Å²) in [5.41, 5.74) is 2.98. The molecule has 0 bridgehead atoms. The van der Waals surface area contributed by atoms with Gasteiger partial charge in [-0.25, -0.2) is 9.37 Å². The summed E-state index contributed by atoms with van der Waals surface area (Å²) in [6.45, 7) is 3.43. The van der Waals surface area contributed by atoms with Gasteiger partial charge in [0.2, 0.25) is 0 Å². The van der Waals surface area contributed by atoms with Gasteiger partial charge >= 0.3 is 0 Å².